The molecule has 0 aliphatic heterocycles. The normalized spacial score (nSPS) is 12.5. The molecule has 2 rings (SSSR count). The number of para-hydroxylation sites is 1. The summed E-state index contributed by atoms with van der Waals surface area (Å²) in [5.74, 6) is 0.0175. The van der Waals surface area contributed by atoms with Crippen LogP contribution >= 0.6 is 0 Å². The van der Waals surface area contributed by atoms with Crippen LogP contribution in [0.5, 0.6) is 11.6 Å². The fourth-order valence-electron chi connectivity index (χ4n) is 1.54. The molecule has 3 N–H and O–H groups in total. The van der Waals surface area contributed by atoms with Gasteiger partial charge in [-0.05, 0) is 19.9 Å². The van der Waals surface area contributed by atoms with Gasteiger partial charge in [0.2, 0.25) is 5.88 Å². The van der Waals surface area contributed by atoms with Gasteiger partial charge in [0.05, 0.1) is 0 Å². The summed E-state index contributed by atoms with van der Waals surface area (Å²) in [6, 6.07) is 6.07. The molecule has 4 nitrogen and oxygen atoms in total. The van der Waals surface area contributed by atoms with Gasteiger partial charge in [-0.3, -0.25) is 5.10 Å². The van der Waals surface area contributed by atoms with Crippen molar-refractivity contribution >= 4 is 0 Å². The summed E-state index contributed by atoms with van der Waals surface area (Å²) < 4.78 is 19.1. The molecular weight excluding hydrogens is 221 g/mol. The highest BCUT2D eigenvalue weighted by atomic mass is 19.1. The van der Waals surface area contributed by atoms with Crippen LogP contribution in [0.4, 0.5) is 4.39 Å². The van der Waals surface area contributed by atoms with Crippen molar-refractivity contribution in [1.82, 2.24) is 10.2 Å². The zero-order valence-electron chi connectivity index (χ0n) is 9.70. The molecular formula is C12H14FN3O. The van der Waals surface area contributed by atoms with Crippen LogP contribution in [0.15, 0.2) is 24.3 Å². The van der Waals surface area contributed by atoms with Crippen molar-refractivity contribution in [2.75, 3.05) is 0 Å². The van der Waals surface area contributed by atoms with E-state index in [1.54, 1.807) is 25.1 Å². The minimum Gasteiger partial charge on any atom is -0.434 e. The average molecular weight is 235 g/mol. The lowest BCUT2D eigenvalue weighted by molar-refractivity contribution is 0.418. The number of hydrogen-bond acceptors (Lipinski definition) is 3. The topological polar surface area (TPSA) is 63.9 Å². The Morgan fingerprint density at radius 1 is 1.47 bits per heavy atom. The molecule has 2 aromatic rings. The van der Waals surface area contributed by atoms with Crippen LogP contribution in [0.1, 0.15) is 24.2 Å². The molecule has 0 saturated heterocycles. The smallest absolute Gasteiger partial charge is 0.238 e. The van der Waals surface area contributed by atoms with Crippen molar-refractivity contribution in [2.45, 2.75) is 19.9 Å². The van der Waals surface area contributed by atoms with Crippen LogP contribution < -0.4 is 10.5 Å². The third kappa shape index (κ3) is 2.45. The van der Waals surface area contributed by atoms with Crippen molar-refractivity contribution in [1.29, 1.82) is 0 Å². The molecule has 1 atom stereocenters. The van der Waals surface area contributed by atoms with Crippen molar-refractivity contribution < 1.29 is 9.13 Å². The molecule has 0 bridgehead atoms. The molecule has 0 aliphatic carbocycles. The lowest BCUT2D eigenvalue weighted by Gasteiger charge is -2.12. The third-order valence-corrected chi connectivity index (χ3v) is 2.38. The van der Waals surface area contributed by atoms with Crippen LogP contribution in [0.25, 0.3) is 0 Å². The number of hydrogen-bond donors (Lipinski definition) is 2. The number of rotatable bonds is 3. The Hall–Kier alpha value is -1.88. The van der Waals surface area contributed by atoms with Crippen LogP contribution in [0.3, 0.4) is 0 Å². The number of halogens is 1. The number of aromatic nitrogens is 2. The predicted molar refractivity (Wildman–Crippen MR) is 62.4 cm³/mol. The summed E-state index contributed by atoms with van der Waals surface area (Å²) in [7, 11) is 0. The highest BCUT2D eigenvalue weighted by molar-refractivity contribution is 5.39. The Morgan fingerprint density at radius 2 is 2.24 bits per heavy atom. The van der Waals surface area contributed by atoms with E-state index in [4.69, 9.17) is 10.5 Å². The fourth-order valence-corrected chi connectivity index (χ4v) is 1.54. The third-order valence-electron chi connectivity index (χ3n) is 2.38. The van der Waals surface area contributed by atoms with E-state index in [1.807, 2.05) is 6.92 Å². The molecule has 0 spiro atoms. The maximum absolute atomic E-state index is 13.7. The van der Waals surface area contributed by atoms with Crippen molar-refractivity contribution in [3.05, 3.63) is 41.3 Å². The maximum atomic E-state index is 13.7. The minimum atomic E-state index is -0.444. The standard InChI is InChI=1S/C12H14FN3O/c1-7-6-11(16-15-7)17-12-9(8(2)14)4-3-5-10(12)13/h3-6,8H,14H2,1-2H3,(H,15,16)/t8-/m0/s1. The van der Waals surface area contributed by atoms with E-state index in [0.29, 0.717) is 11.4 Å². The Kier molecular flexibility index (Phi) is 3.10. The quantitative estimate of drug-likeness (QED) is 0.859. The Morgan fingerprint density at radius 3 is 2.82 bits per heavy atom. The van der Waals surface area contributed by atoms with Gasteiger partial charge in [-0.1, -0.05) is 12.1 Å². The SMILES string of the molecule is Cc1cc(Oc2c(F)cccc2[C@H](C)N)n[nH]1. The van der Waals surface area contributed by atoms with E-state index in [-0.39, 0.29) is 11.8 Å². The highest BCUT2D eigenvalue weighted by Gasteiger charge is 2.14. The first-order chi connectivity index (χ1) is 8.08. The molecule has 0 radical (unpaired) electrons. The van der Waals surface area contributed by atoms with Gasteiger partial charge in [-0.25, -0.2) is 4.39 Å². The van der Waals surface area contributed by atoms with E-state index in [0.717, 1.165) is 5.69 Å². The van der Waals surface area contributed by atoms with Crippen molar-refractivity contribution in [3.8, 4) is 11.6 Å². The lowest BCUT2D eigenvalue weighted by atomic mass is 10.1. The van der Waals surface area contributed by atoms with Crippen LogP contribution in [-0.2, 0) is 0 Å². The number of nitrogens with zero attached hydrogens (tertiary/aromatic N) is 1. The molecule has 0 saturated carbocycles. The van der Waals surface area contributed by atoms with Crippen molar-refractivity contribution in [3.63, 3.8) is 0 Å². The first-order valence-electron chi connectivity index (χ1n) is 5.32. The summed E-state index contributed by atoms with van der Waals surface area (Å²) in [5.41, 5.74) is 7.23. The molecule has 0 amide bonds. The molecule has 0 unspecified atom stereocenters. The minimum absolute atomic E-state index is 0.133. The zero-order chi connectivity index (χ0) is 12.4. The number of aromatic amines is 1. The van der Waals surface area contributed by atoms with E-state index < -0.39 is 5.82 Å². The second-order valence-corrected chi connectivity index (χ2v) is 3.94. The average Bonchev–Trinajstić information content (AvgIpc) is 2.67. The van der Waals surface area contributed by atoms with Crippen LogP contribution in [0.2, 0.25) is 0 Å². The van der Waals surface area contributed by atoms with Crippen molar-refractivity contribution in [2.24, 2.45) is 5.73 Å². The van der Waals surface area contributed by atoms with Gasteiger partial charge in [-0.2, -0.15) is 0 Å². The zero-order valence-corrected chi connectivity index (χ0v) is 9.70. The molecule has 0 fully saturated rings. The number of nitrogens with one attached hydrogen (secondary N) is 1. The summed E-state index contributed by atoms with van der Waals surface area (Å²) >= 11 is 0. The van der Waals surface area contributed by atoms with Gasteiger partial charge in [0.25, 0.3) is 0 Å². The summed E-state index contributed by atoms with van der Waals surface area (Å²) in [5, 5.41) is 6.63. The number of nitrogens with two attached hydrogens (primary N) is 1. The highest BCUT2D eigenvalue weighted by Crippen LogP contribution is 2.30. The molecule has 5 heteroatoms. The number of aryl methyl sites for hydroxylation is 1. The largest absolute Gasteiger partial charge is 0.434 e. The maximum Gasteiger partial charge on any atom is 0.238 e. The lowest BCUT2D eigenvalue weighted by Crippen LogP contribution is -2.07. The van der Waals surface area contributed by atoms with E-state index >= 15 is 0 Å². The molecule has 1 heterocycles. The first-order valence-corrected chi connectivity index (χ1v) is 5.32. The monoisotopic (exact) mass is 235 g/mol. The summed E-state index contributed by atoms with van der Waals surface area (Å²) in [6.07, 6.45) is 0. The van der Waals surface area contributed by atoms with Crippen LogP contribution in [0, 0.1) is 12.7 Å². The van der Waals surface area contributed by atoms with Gasteiger partial charge in [-0.15, -0.1) is 5.10 Å². The molecule has 1 aromatic carbocycles. The first kappa shape index (κ1) is 11.6. The molecule has 90 valence electrons. The number of ether oxygens (including phenoxy) is 1. The molecule has 1 aromatic heterocycles. The Balaban J connectivity index is 2.37. The summed E-state index contributed by atoms with van der Waals surface area (Å²) in [6.45, 7) is 3.62. The van der Waals surface area contributed by atoms with Gasteiger partial charge in [0, 0.05) is 23.4 Å². The molecule has 0 aliphatic rings. The van der Waals surface area contributed by atoms with Gasteiger partial charge in [0.1, 0.15) is 0 Å². The number of H-pyrrole nitrogens is 1. The second kappa shape index (κ2) is 4.55. The number of benzene rings is 1. The van der Waals surface area contributed by atoms with Gasteiger partial charge < -0.3 is 10.5 Å². The molecule has 17 heavy (non-hydrogen) atoms. The predicted octanol–water partition coefficient (Wildman–Crippen LogP) is 2.67. The second-order valence-electron chi connectivity index (χ2n) is 3.94. The van der Waals surface area contributed by atoms with Gasteiger partial charge >= 0.3 is 0 Å². The van der Waals surface area contributed by atoms with E-state index in [9.17, 15) is 4.39 Å². The fraction of sp³-hybridized carbons (Fsp3) is 0.250. The van der Waals surface area contributed by atoms with Crippen LogP contribution in [-0.4, -0.2) is 10.2 Å². The summed E-state index contributed by atoms with van der Waals surface area (Å²) in [4.78, 5) is 0. The van der Waals surface area contributed by atoms with E-state index in [1.165, 1.54) is 6.07 Å². The van der Waals surface area contributed by atoms with Gasteiger partial charge in [0.15, 0.2) is 11.6 Å². The Bertz CT molecular complexity index is 522. The van der Waals surface area contributed by atoms with E-state index in [2.05, 4.69) is 10.2 Å². The Labute approximate surface area is 98.6 Å².